The van der Waals surface area contributed by atoms with Gasteiger partial charge in [-0.25, -0.2) is 4.79 Å². The van der Waals surface area contributed by atoms with Crippen LogP contribution in [-0.4, -0.2) is 11.9 Å². The summed E-state index contributed by atoms with van der Waals surface area (Å²) in [4.78, 5) is 26.4. The lowest BCUT2D eigenvalue weighted by molar-refractivity contribution is -0.130. The molecule has 0 unspecified atom stereocenters. The maximum absolute atomic E-state index is 12.6. The van der Waals surface area contributed by atoms with E-state index in [1.165, 1.54) is 11.3 Å². The minimum absolute atomic E-state index is 0.374. The van der Waals surface area contributed by atoms with Crippen molar-refractivity contribution in [3.05, 3.63) is 79.6 Å². The lowest BCUT2D eigenvalue weighted by Gasteiger charge is -2.17. The average Bonchev–Trinajstić information content (AvgIpc) is 3.31. The van der Waals surface area contributed by atoms with Crippen LogP contribution in [0.5, 0.6) is 0 Å². The molecular weight excluding hydrogens is 378 g/mol. The summed E-state index contributed by atoms with van der Waals surface area (Å²) in [5.41, 5.74) is 0.568. The fourth-order valence-corrected chi connectivity index (χ4v) is 3.53. The Morgan fingerprint density at radius 3 is 2.40 bits per heavy atom. The lowest BCUT2D eigenvalue weighted by atomic mass is 10.1. The Morgan fingerprint density at radius 2 is 1.76 bits per heavy atom. The van der Waals surface area contributed by atoms with Crippen molar-refractivity contribution in [3.8, 4) is 0 Å². The average molecular weight is 392 g/mol. The van der Waals surface area contributed by atoms with E-state index >= 15 is 0 Å². The molecule has 4 nitrogen and oxygen atoms in total. The van der Waals surface area contributed by atoms with Crippen molar-refractivity contribution in [2.24, 2.45) is 0 Å². The molecule has 128 valence electrons. The van der Waals surface area contributed by atoms with Gasteiger partial charge in [0.2, 0.25) is 6.10 Å². The van der Waals surface area contributed by atoms with E-state index in [9.17, 15) is 9.59 Å². The number of rotatable bonds is 6. The van der Waals surface area contributed by atoms with E-state index in [1.807, 2.05) is 17.5 Å². The molecule has 7 heteroatoms. The number of thiophene rings is 2. The molecule has 1 amide bonds. The van der Waals surface area contributed by atoms with Gasteiger partial charge in [-0.05, 0) is 35.0 Å². The van der Waals surface area contributed by atoms with Crippen LogP contribution in [0.1, 0.15) is 26.2 Å². The first-order valence-electron chi connectivity index (χ1n) is 7.43. The topological polar surface area (TPSA) is 55.4 Å². The minimum Gasteiger partial charge on any atom is -0.443 e. The van der Waals surface area contributed by atoms with Crippen molar-refractivity contribution in [2.75, 3.05) is 0 Å². The highest BCUT2D eigenvalue weighted by molar-refractivity contribution is 7.12. The van der Waals surface area contributed by atoms with Gasteiger partial charge in [-0.15, -0.1) is 22.7 Å². The maximum Gasteiger partial charge on any atom is 0.349 e. The predicted molar refractivity (Wildman–Crippen MR) is 100 cm³/mol. The smallest absolute Gasteiger partial charge is 0.349 e. The Labute approximate surface area is 158 Å². The van der Waals surface area contributed by atoms with Gasteiger partial charge in [-0.1, -0.05) is 35.9 Å². The van der Waals surface area contributed by atoms with Gasteiger partial charge in [0.25, 0.3) is 5.91 Å². The number of esters is 1. The van der Waals surface area contributed by atoms with E-state index < -0.39 is 12.1 Å². The van der Waals surface area contributed by atoms with Crippen LogP contribution in [0.15, 0.2) is 59.3 Å². The van der Waals surface area contributed by atoms with Crippen molar-refractivity contribution in [3.63, 3.8) is 0 Å². The fourth-order valence-electron chi connectivity index (χ4n) is 2.15. The van der Waals surface area contributed by atoms with Crippen molar-refractivity contribution in [1.29, 1.82) is 0 Å². The zero-order valence-electron chi connectivity index (χ0n) is 13.0. The first-order valence-corrected chi connectivity index (χ1v) is 9.57. The summed E-state index contributed by atoms with van der Waals surface area (Å²) in [5, 5.41) is 7.08. The van der Waals surface area contributed by atoms with Gasteiger partial charge in [0, 0.05) is 15.5 Å². The number of benzene rings is 1. The van der Waals surface area contributed by atoms with Gasteiger partial charge < -0.3 is 10.1 Å². The number of carbonyl (C=O) groups is 2. The molecule has 1 N–H and O–H groups in total. The highest BCUT2D eigenvalue weighted by Gasteiger charge is 2.26. The monoisotopic (exact) mass is 391 g/mol. The Hall–Kier alpha value is -2.15. The number of amides is 1. The molecule has 1 atom stereocenters. The quantitative estimate of drug-likeness (QED) is 0.621. The molecule has 0 spiro atoms. The zero-order valence-corrected chi connectivity index (χ0v) is 15.4. The van der Waals surface area contributed by atoms with Crippen molar-refractivity contribution in [2.45, 2.75) is 12.6 Å². The normalized spacial score (nSPS) is 11.7. The molecule has 25 heavy (non-hydrogen) atoms. The van der Waals surface area contributed by atoms with Gasteiger partial charge >= 0.3 is 5.97 Å². The standard InChI is InChI=1S/C18H14ClNO3S2/c19-13-7-5-12(6-8-13)16(23-18(22)15-4-2-10-25-15)17(21)20-11-14-3-1-9-24-14/h1-10,16H,11H2,(H,20,21)/t16-/m0/s1. The van der Waals surface area contributed by atoms with E-state index in [-0.39, 0.29) is 5.91 Å². The molecule has 2 heterocycles. The third kappa shape index (κ3) is 4.69. The van der Waals surface area contributed by atoms with Crippen LogP contribution in [0.2, 0.25) is 5.02 Å². The molecule has 0 saturated carbocycles. The second kappa shape index (κ2) is 8.29. The molecule has 0 aliphatic heterocycles. The van der Waals surface area contributed by atoms with Crippen LogP contribution in [0.3, 0.4) is 0 Å². The van der Waals surface area contributed by atoms with Gasteiger partial charge in [0.15, 0.2) is 0 Å². The van der Waals surface area contributed by atoms with E-state index in [0.717, 1.165) is 4.88 Å². The van der Waals surface area contributed by atoms with E-state index in [2.05, 4.69) is 5.32 Å². The van der Waals surface area contributed by atoms with Crippen LogP contribution in [0, 0.1) is 0 Å². The summed E-state index contributed by atoms with van der Waals surface area (Å²) < 4.78 is 5.47. The first-order chi connectivity index (χ1) is 12.1. The zero-order chi connectivity index (χ0) is 17.6. The largest absolute Gasteiger partial charge is 0.443 e. The minimum atomic E-state index is -1.04. The van der Waals surface area contributed by atoms with E-state index in [0.29, 0.717) is 22.0 Å². The van der Waals surface area contributed by atoms with Crippen molar-refractivity contribution in [1.82, 2.24) is 5.32 Å². The third-order valence-electron chi connectivity index (χ3n) is 3.38. The summed E-state index contributed by atoms with van der Waals surface area (Å²) >= 11 is 8.72. The van der Waals surface area contributed by atoms with Crippen LogP contribution >= 0.6 is 34.3 Å². The van der Waals surface area contributed by atoms with Crippen molar-refractivity contribution < 1.29 is 14.3 Å². The molecule has 0 aliphatic carbocycles. The lowest BCUT2D eigenvalue weighted by Crippen LogP contribution is -2.31. The number of hydrogen-bond acceptors (Lipinski definition) is 5. The Kier molecular flexibility index (Phi) is 5.86. The number of hydrogen-bond donors (Lipinski definition) is 1. The van der Waals surface area contributed by atoms with Gasteiger partial charge in [0.05, 0.1) is 6.54 Å². The number of halogens is 1. The maximum atomic E-state index is 12.6. The fraction of sp³-hybridized carbons (Fsp3) is 0.111. The molecule has 1 aromatic carbocycles. The molecule has 3 rings (SSSR count). The van der Waals surface area contributed by atoms with Crippen LogP contribution in [0.25, 0.3) is 0 Å². The highest BCUT2D eigenvalue weighted by atomic mass is 35.5. The summed E-state index contributed by atoms with van der Waals surface area (Å²) in [6, 6.07) is 14.0. The second-order valence-electron chi connectivity index (χ2n) is 5.11. The molecular formula is C18H14ClNO3S2. The number of ether oxygens (including phenoxy) is 1. The second-order valence-corrected chi connectivity index (χ2v) is 7.53. The summed E-state index contributed by atoms with van der Waals surface area (Å²) in [5.74, 6) is -0.901. The Bertz CT molecular complexity index is 830. The van der Waals surface area contributed by atoms with E-state index in [1.54, 1.807) is 53.1 Å². The van der Waals surface area contributed by atoms with Crippen LogP contribution in [-0.2, 0) is 16.1 Å². The van der Waals surface area contributed by atoms with Crippen molar-refractivity contribution >= 4 is 46.2 Å². The highest BCUT2D eigenvalue weighted by Crippen LogP contribution is 2.23. The molecule has 0 radical (unpaired) electrons. The molecule has 0 saturated heterocycles. The third-order valence-corrected chi connectivity index (χ3v) is 5.35. The molecule has 2 aromatic heterocycles. The van der Waals surface area contributed by atoms with Crippen LogP contribution < -0.4 is 5.32 Å². The van der Waals surface area contributed by atoms with Gasteiger partial charge in [0.1, 0.15) is 4.88 Å². The summed E-state index contributed by atoms with van der Waals surface area (Å²) in [6.07, 6.45) is -1.04. The van der Waals surface area contributed by atoms with Crippen LogP contribution in [0.4, 0.5) is 0 Å². The summed E-state index contributed by atoms with van der Waals surface area (Å²) in [6.45, 7) is 0.386. The van der Waals surface area contributed by atoms with Gasteiger partial charge in [-0.2, -0.15) is 0 Å². The molecule has 3 aromatic rings. The summed E-state index contributed by atoms with van der Waals surface area (Å²) in [7, 11) is 0. The molecule has 0 bridgehead atoms. The van der Waals surface area contributed by atoms with Gasteiger partial charge in [-0.3, -0.25) is 4.79 Å². The Morgan fingerprint density at radius 1 is 1.04 bits per heavy atom. The SMILES string of the molecule is O=C(O[C@H](C(=O)NCc1cccs1)c1ccc(Cl)cc1)c1cccs1. The molecule has 0 fully saturated rings. The first kappa shape index (κ1) is 17.7. The Balaban J connectivity index is 1.76. The molecule has 0 aliphatic rings. The van der Waals surface area contributed by atoms with E-state index in [4.69, 9.17) is 16.3 Å². The number of carbonyl (C=O) groups excluding carboxylic acids is 2. The predicted octanol–water partition coefficient (Wildman–Crippen LogP) is 4.68. The number of nitrogens with one attached hydrogen (secondary N) is 1.